The van der Waals surface area contributed by atoms with E-state index in [1.807, 2.05) is 30.3 Å². The molecule has 2 aromatic carbocycles. The number of hydrogen-bond donors (Lipinski definition) is 1. The van der Waals surface area contributed by atoms with Gasteiger partial charge in [-0.25, -0.2) is 0 Å². The average Bonchev–Trinajstić information content (AvgIpc) is 3.30. The minimum atomic E-state index is 0.152. The van der Waals surface area contributed by atoms with E-state index >= 15 is 0 Å². The molecule has 0 atom stereocenters. The molecule has 0 fully saturated rings. The Hall–Kier alpha value is -3.28. The van der Waals surface area contributed by atoms with Gasteiger partial charge in [-0.2, -0.15) is 5.21 Å². The Labute approximate surface area is 150 Å². The molecule has 4 aromatic rings. The molecule has 0 saturated heterocycles. The third-order valence-corrected chi connectivity index (χ3v) is 4.61. The molecule has 6 nitrogen and oxygen atoms in total. The van der Waals surface area contributed by atoms with Gasteiger partial charge in [0.05, 0.1) is 0 Å². The first-order valence-electron chi connectivity index (χ1n) is 8.64. The van der Waals surface area contributed by atoms with Crippen LogP contribution in [0, 0.1) is 6.92 Å². The number of tetrazole rings is 1. The van der Waals surface area contributed by atoms with E-state index in [0.717, 1.165) is 18.5 Å². The maximum Gasteiger partial charge on any atom is 0.204 e. The van der Waals surface area contributed by atoms with Crippen molar-refractivity contribution in [3.05, 3.63) is 65.9 Å². The molecule has 0 unspecified atom stereocenters. The fraction of sp³-hybridized carbons (Fsp3) is 0.200. The number of para-hydroxylation sites is 1. The molecule has 130 valence electrons. The van der Waals surface area contributed by atoms with Gasteiger partial charge in [0, 0.05) is 35.3 Å². The van der Waals surface area contributed by atoms with Crippen molar-refractivity contribution >= 4 is 16.7 Å². The van der Waals surface area contributed by atoms with Crippen molar-refractivity contribution in [2.75, 3.05) is 0 Å². The summed E-state index contributed by atoms with van der Waals surface area (Å²) < 4.78 is 2.28. The lowest BCUT2D eigenvalue weighted by molar-refractivity contribution is 0.0978. The number of Topliss-reactive ketones (excluding diaryl/α,β-unsaturated/α-hetero) is 1. The Morgan fingerprint density at radius 2 is 1.92 bits per heavy atom. The molecule has 2 aromatic heterocycles. The normalized spacial score (nSPS) is 11.1. The van der Waals surface area contributed by atoms with Crippen LogP contribution in [-0.4, -0.2) is 31.0 Å². The predicted molar refractivity (Wildman–Crippen MR) is 99.9 cm³/mol. The molecule has 0 spiro atoms. The second-order valence-electron chi connectivity index (χ2n) is 6.34. The molecular weight excluding hydrogens is 326 g/mol. The number of benzene rings is 2. The zero-order valence-corrected chi connectivity index (χ0v) is 14.5. The van der Waals surface area contributed by atoms with Crippen LogP contribution in [0.25, 0.3) is 22.3 Å². The van der Waals surface area contributed by atoms with Gasteiger partial charge in [0.25, 0.3) is 0 Å². The topological polar surface area (TPSA) is 76.5 Å². The highest BCUT2D eigenvalue weighted by Crippen LogP contribution is 2.20. The van der Waals surface area contributed by atoms with Crippen LogP contribution in [0.15, 0.2) is 54.6 Å². The molecule has 0 radical (unpaired) electrons. The van der Waals surface area contributed by atoms with Crippen LogP contribution < -0.4 is 0 Å². The monoisotopic (exact) mass is 345 g/mol. The lowest BCUT2D eigenvalue weighted by Gasteiger charge is -2.08. The van der Waals surface area contributed by atoms with E-state index in [4.69, 9.17) is 0 Å². The Bertz CT molecular complexity index is 1030. The Balaban J connectivity index is 1.40. The van der Waals surface area contributed by atoms with Crippen molar-refractivity contribution < 1.29 is 4.79 Å². The first kappa shape index (κ1) is 16.2. The summed E-state index contributed by atoms with van der Waals surface area (Å²) in [7, 11) is 0. The van der Waals surface area contributed by atoms with E-state index in [1.165, 1.54) is 16.6 Å². The molecular formula is C20H19N5O. The molecule has 0 bridgehead atoms. The van der Waals surface area contributed by atoms with Gasteiger partial charge in [0.1, 0.15) is 0 Å². The number of aromatic amines is 1. The Kier molecular flexibility index (Phi) is 4.31. The van der Waals surface area contributed by atoms with E-state index in [2.05, 4.69) is 56.4 Å². The minimum Gasteiger partial charge on any atom is -0.345 e. The molecule has 6 heteroatoms. The number of fused-ring (bicyclic) bond motifs is 1. The number of aromatic nitrogens is 5. The lowest BCUT2D eigenvalue weighted by Crippen LogP contribution is -2.04. The van der Waals surface area contributed by atoms with Gasteiger partial charge in [-0.3, -0.25) is 4.79 Å². The fourth-order valence-corrected chi connectivity index (χ4v) is 3.28. The SMILES string of the molecule is Cc1cc2ccccc2n1CCCC(=O)c1ccc(-c2nn[nH]n2)cc1. The maximum absolute atomic E-state index is 12.5. The van der Waals surface area contributed by atoms with Gasteiger partial charge >= 0.3 is 0 Å². The van der Waals surface area contributed by atoms with Crippen LogP contribution in [0.2, 0.25) is 0 Å². The van der Waals surface area contributed by atoms with Crippen molar-refractivity contribution in [3.63, 3.8) is 0 Å². The average molecular weight is 345 g/mol. The standard InChI is InChI=1S/C20H19N5O/c1-14-13-17-5-2-3-6-18(17)25(14)12-4-7-19(26)15-8-10-16(11-9-15)20-21-23-24-22-20/h2-3,5-6,8-11,13H,4,7,12H2,1H3,(H,21,22,23,24). The number of hydrogen-bond acceptors (Lipinski definition) is 4. The molecule has 0 aliphatic heterocycles. The number of nitrogens with zero attached hydrogens (tertiary/aromatic N) is 4. The quantitative estimate of drug-likeness (QED) is 0.539. The van der Waals surface area contributed by atoms with Gasteiger partial charge in [0.15, 0.2) is 5.78 Å². The zero-order chi connectivity index (χ0) is 17.9. The summed E-state index contributed by atoms with van der Waals surface area (Å²) in [5.74, 6) is 0.678. The van der Waals surface area contributed by atoms with Crippen LogP contribution in [0.4, 0.5) is 0 Å². The summed E-state index contributed by atoms with van der Waals surface area (Å²) >= 11 is 0. The van der Waals surface area contributed by atoms with Crippen LogP contribution in [-0.2, 0) is 6.54 Å². The van der Waals surface area contributed by atoms with Crippen LogP contribution in [0.1, 0.15) is 28.9 Å². The number of aryl methyl sites for hydroxylation is 2. The smallest absolute Gasteiger partial charge is 0.204 e. The van der Waals surface area contributed by atoms with Crippen LogP contribution in [0.5, 0.6) is 0 Å². The maximum atomic E-state index is 12.5. The molecule has 2 heterocycles. The highest BCUT2D eigenvalue weighted by Gasteiger charge is 2.09. The summed E-state index contributed by atoms with van der Waals surface area (Å²) in [6.45, 7) is 2.95. The number of carbonyl (C=O) groups excluding carboxylic acids is 1. The Morgan fingerprint density at radius 3 is 2.69 bits per heavy atom. The second kappa shape index (κ2) is 6.92. The van der Waals surface area contributed by atoms with Gasteiger partial charge in [-0.05, 0) is 36.1 Å². The molecule has 26 heavy (non-hydrogen) atoms. The van der Waals surface area contributed by atoms with E-state index in [9.17, 15) is 4.79 Å². The summed E-state index contributed by atoms with van der Waals surface area (Å²) in [5.41, 5.74) is 4.00. The van der Waals surface area contributed by atoms with E-state index in [1.54, 1.807) is 0 Å². The fourth-order valence-electron chi connectivity index (χ4n) is 3.28. The van der Waals surface area contributed by atoms with Crippen molar-refractivity contribution in [1.29, 1.82) is 0 Å². The summed E-state index contributed by atoms with van der Waals surface area (Å²) in [5, 5.41) is 15.1. The molecule has 0 amide bonds. The van der Waals surface area contributed by atoms with Crippen LogP contribution in [0.3, 0.4) is 0 Å². The number of ketones is 1. The molecule has 0 saturated carbocycles. The van der Waals surface area contributed by atoms with Gasteiger partial charge < -0.3 is 4.57 Å². The second-order valence-corrected chi connectivity index (χ2v) is 6.34. The predicted octanol–water partition coefficient (Wildman–Crippen LogP) is 3.79. The van der Waals surface area contributed by atoms with Gasteiger partial charge in [0.2, 0.25) is 5.82 Å². The molecule has 0 aliphatic rings. The van der Waals surface area contributed by atoms with E-state index in [-0.39, 0.29) is 5.78 Å². The molecule has 1 N–H and O–H groups in total. The summed E-state index contributed by atoms with van der Waals surface area (Å²) in [6.07, 6.45) is 1.33. The van der Waals surface area contributed by atoms with Gasteiger partial charge in [-0.1, -0.05) is 42.5 Å². The van der Waals surface area contributed by atoms with Crippen molar-refractivity contribution in [1.82, 2.24) is 25.2 Å². The van der Waals surface area contributed by atoms with Crippen molar-refractivity contribution in [2.24, 2.45) is 0 Å². The van der Waals surface area contributed by atoms with Crippen molar-refractivity contribution in [2.45, 2.75) is 26.3 Å². The van der Waals surface area contributed by atoms with Crippen LogP contribution >= 0.6 is 0 Å². The minimum absolute atomic E-state index is 0.152. The zero-order valence-electron chi connectivity index (χ0n) is 14.5. The Morgan fingerprint density at radius 1 is 1.12 bits per heavy atom. The third kappa shape index (κ3) is 3.13. The largest absolute Gasteiger partial charge is 0.345 e. The summed E-state index contributed by atoms with van der Waals surface area (Å²) in [6, 6.07) is 17.9. The number of H-pyrrole nitrogens is 1. The number of rotatable bonds is 6. The molecule has 4 rings (SSSR count). The highest BCUT2D eigenvalue weighted by molar-refractivity contribution is 5.96. The number of nitrogens with one attached hydrogen (secondary N) is 1. The highest BCUT2D eigenvalue weighted by atomic mass is 16.1. The molecule has 0 aliphatic carbocycles. The van der Waals surface area contributed by atoms with E-state index in [0.29, 0.717) is 17.8 Å². The van der Waals surface area contributed by atoms with E-state index < -0.39 is 0 Å². The number of carbonyl (C=O) groups is 1. The van der Waals surface area contributed by atoms with Gasteiger partial charge in [-0.15, -0.1) is 10.2 Å². The summed E-state index contributed by atoms with van der Waals surface area (Å²) in [4.78, 5) is 12.5. The first-order chi connectivity index (χ1) is 12.7. The van der Waals surface area contributed by atoms with Crippen molar-refractivity contribution in [3.8, 4) is 11.4 Å². The first-order valence-corrected chi connectivity index (χ1v) is 8.64. The lowest BCUT2D eigenvalue weighted by atomic mass is 10.0. The third-order valence-electron chi connectivity index (χ3n) is 4.61.